The van der Waals surface area contributed by atoms with E-state index >= 15 is 0 Å². The predicted molar refractivity (Wildman–Crippen MR) is 96.0 cm³/mol. The van der Waals surface area contributed by atoms with Crippen molar-refractivity contribution in [2.24, 2.45) is 11.8 Å². The molecule has 2 N–H and O–H groups in total. The topological polar surface area (TPSA) is 66.8 Å². The van der Waals surface area contributed by atoms with Gasteiger partial charge in [0.1, 0.15) is 9.53 Å². The largest absolute Gasteiger partial charge is 0.461 e. The van der Waals surface area contributed by atoms with Crippen LogP contribution in [0, 0.1) is 11.8 Å². The van der Waals surface area contributed by atoms with Gasteiger partial charge in [-0.15, -0.1) is 0 Å². The van der Waals surface area contributed by atoms with E-state index in [1.54, 1.807) is 27.7 Å². The predicted octanol–water partition coefficient (Wildman–Crippen LogP) is 3.46. The molecule has 1 rings (SSSR count). The Morgan fingerprint density at radius 3 is 1.77 bits per heavy atom. The molecule has 1 aliphatic carbocycles. The van der Waals surface area contributed by atoms with Crippen molar-refractivity contribution in [1.29, 1.82) is 0 Å². The molecule has 0 spiro atoms. The summed E-state index contributed by atoms with van der Waals surface area (Å²) in [4.78, 5) is 12.3. The Bertz CT molecular complexity index is 370. The molecular weight excluding hydrogens is 395 g/mol. The molecule has 0 amide bonds. The highest BCUT2D eigenvalue weighted by Crippen LogP contribution is 2.42. The summed E-state index contributed by atoms with van der Waals surface area (Å²) in [6, 6.07) is 0. The van der Waals surface area contributed by atoms with Crippen molar-refractivity contribution in [3.05, 3.63) is 0 Å². The third-order valence-corrected chi connectivity index (χ3v) is 6.23. The van der Waals surface area contributed by atoms with Crippen molar-refractivity contribution < 1.29 is 19.7 Å². The van der Waals surface area contributed by atoms with E-state index < -0.39 is 14.6 Å². The first-order valence-electron chi connectivity index (χ1n) is 8.12. The van der Waals surface area contributed by atoms with Crippen LogP contribution in [-0.2, 0) is 9.53 Å². The molecule has 22 heavy (non-hydrogen) atoms. The molecule has 0 radical (unpaired) electrons. The molecule has 4 nitrogen and oxygen atoms in total. The van der Waals surface area contributed by atoms with E-state index in [1.807, 2.05) is 13.8 Å². The maximum absolute atomic E-state index is 12.3. The van der Waals surface area contributed by atoms with Crippen LogP contribution in [0.2, 0.25) is 0 Å². The fourth-order valence-corrected chi connectivity index (χ4v) is 3.06. The van der Waals surface area contributed by atoms with Gasteiger partial charge in [0, 0.05) is 0 Å². The minimum absolute atomic E-state index is 0.0116. The third-order valence-electron chi connectivity index (χ3n) is 5.03. The first-order chi connectivity index (χ1) is 9.77. The van der Waals surface area contributed by atoms with Gasteiger partial charge in [-0.2, -0.15) is 0 Å². The second-order valence-corrected chi connectivity index (χ2v) is 10.4. The average Bonchev–Trinajstić information content (AvgIpc) is 2.36. The van der Waals surface area contributed by atoms with Crippen LogP contribution < -0.4 is 0 Å². The Labute approximate surface area is 148 Å². The Morgan fingerprint density at radius 2 is 1.45 bits per heavy atom. The fourth-order valence-electron chi connectivity index (χ4n) is 2.94. The summed E-state index contributed by atoms with van der Waals surface area (Å²) in [5.74, 6) is -0.179. The minimum atomic E-state index is -0.840. The molecule has 1 fully saturated rings. The Balaban J connectivity index is 2.88. The van der Waals surface area contributed by atoms with Gasteiger partial charge in [-0.1, -0.05) is 29.5 Å². The number of aliphatic hydroxyl groups is 2. The number of ether oxygens (including phenoxy) is 1. The van der Waals surface area contributed by atoms with Crippen LogP contribution in [0.5, 0.6) is 0 Å². The number of rotatable bonds is 5. The summed E-state index contributed by atoms with van der Waals surface area (Å²) in [6.45, 7) is 11.0. The lowest BCUT2D eigenvalue weighted by Gasteiger charge is -2.44. The van der Waals surface area contributed by atoms with Crippen molar-refractivity contribution in [3.8, 4) is 0 Å². The van der Waals surface area contributed by atoms with Gasteiger partial charge in [0.2, 0.25) is 0 Å². The summed E-state index contributed by atoms with van der Waals surface area (Å²) < 4.78 is 5.21. The zero-order valence-corrected chi connectivity index (χ0v) is 16.8. The van der Waals surface area contributed by atoms with Gasteiger partial charge in [-0.25, -0.2) is 0 Å². The standard InChI is InChI=1S/C17H31IO4/c1-7-17(6,18)14(19)22-13-9-11(15(2,3)20)8-12(10-13)16(4,5)21/h11-13,20-21H,7-10H2,1-6H3. The number of carbonyl (C=O) groups is 1. The van der Waals surface area contributed by atoms with Gasteiger partial charge >= 0.3 is 5.97 Å². The van der Waals surface area contributed by atoms with Gasteiger partial charge in [0.15, 0.2) is 0 Å². The molecular formula is C17H31IO4. The molecule has 3 unspecified atom stereocenters. The van der Waals surface area contributed by atoms with E-state index in [-0.39, 0.29) is 23.9 Å². The second kappa shape index (κ2) is 6.93. The van der Waals surface area contributed by atoms with E-state index in [1.165, 1.54) is 0 Å². The Kier molecular flexibility index (Phi) is 6.35. The first-order valence-corrected chi connectivity index (χ1v) is 9.20. The van der Waals surface area contributed by atoms with Gasteiger partial charge in [-0.05, 0) is 72.1 Å². The van der Waals surface area contributed by atoms with Crippen molar-refractivity contribution in [2.45, 2.75) is 88.0 Å². The van der Waals surface area contributed by atoms with Crippen molar-refractivity contribution in [1.82, 2.24) is 0 Å². The van der Waals surface area contributed by atoms with Crippen LogP contribution in [-0.4, -0.2) is 36.9 Å². The molecule has 0 aliphatic heterocycles. The molecule has 0 aromatic carbocycles. The number of hydrogen-bond acceptors (Lipinski definition) is 4. The molecule has 1 saturated carbocycles. The minimum Gasteiger partial charge on any atom is -0.461 e. The summed E-state index contributed by atoms with van der Waals surface area (Å²) >= 11 is 2.13. The fraction of sp³-hybridized carbons (Fsp3) is 0.941. The molecule has 3 atom stereocenters. The second-order valence-electron chi connectivity index (χ2n) is 7.99. The molecule has 5 heteroatoms. The average molecular weight is 426 g/mol. The van der Waals surface area contributed by atoms with Crippen molar-refractivity contribution in [3.63, 3.8) is 0 Å². The number of halogens is 1. The lowest BCUT2D eigenvalue weighted by molar-refractivity contribution is -0.160. The number of alkyl halides is 1. The van der Waals surface area contributed by atoms with Gasteiger partial charge in [-0.3, -0.25) is 4.79 Å². The molecule has 130 valence electrons. The molecule has 0 heterocycles. The highest BCUT2D eigenvalue weighted by molar-refractivity contribution is 14.1. The zero-order chi connectivity index (χ0) is 17.3. The number of esters is 1. The monoisotopic (exact) mass is 426 g/mol. The Hall–Kier alpha value is 0.120. The molecule has 0 aromatic heterocycles. The lowest BCUT2D eigenvalue weighted by Crippen LogP contribution is -2.47. The number of hydrogen-bond donors (Lipinski definition) is 2. The SMILES string of the molecule is CCC(C)(I)C(=O)OC1CC(C(C)(C)O)CC(C(C)(C)O)C1. The van der Waals surface area contributed by atoms with E-state index in [0.29, 0.717) is 19.3 Å². The van der Waals surface area contributed by atoms with Gasteiger partial charge in [0.05, 0.1) is 11.2 Å². The zero-order valence-electron chi connectivity index (χ0n) is 14.6. The summed E-state index contributed by atoms with van der Waals surface area (Å²) in [7, 11) is 0. The van der Waals surface area contributed by atoms with Crippen LogP contribution in [0.25, 0.3) is 0 Å². The smallest absolute Gasteiger partial charge is 0.322 e. The lowest BCUT2D eigenvalue weighted by atomic mass is 9.68. The van der Waals surface area contributed by atoms with Gasteiger partial charge in [0.25, 0.3) is 0 Å². The maximum Gasteiger partial charge on any atom is 0.322 e. The molecule has 0 bridgehead atoms. The normalized spacial score (nSPS) is 29.8. The van der Waals surface area contributed by atoms with Crippen LogP contribution in [0.3, 0.4) is 0 Å². The first kappa shape index (κ1) is 20.2. The summed E-state index contributed by atoms with van der Waals surface area (Å²) in [5.41, 5.74) is -1.68. The van der Waals surface area contributed by atoms with Crippen LogP contribution in [0.1, 0.15) is 67.2 Å². The van der Waals surface area contributed by atoms with Crippen LogP contribution >= 0.6 is 22.6 Å². The highest BCUT2D eigenvalue weighted by Gasteiger charge is 2.43. The third kappa shape index (κ3) is 5.34. The van der Waals surface area contributed by atoms with E-state index in [4.69, 9.17) is 4.74 Å². The van der Waals surface area contributed by atoms with E-state index in [0.717, 1.165) is 6.42 Å². The molecule has 0 saturated heterocycles. The van der Waals surface area contributed by atoms with Crippen molar-refractivity contribution in [2.75, 3.05) is 0 Å². The molecule has 1 aliphatic rings. The Morgan fingerprint density at radius 1 is 1.05 bits per heavy atom. The molecule has 0 aromatic rings. The van der Waals surface area contributed by atoms with Crippen LogP contribution in [0.15, 0.2) is 0 Å². The highest BCUT2D eigenvalue weighted by atomic mass is 127. The summed E-state index contributed by atoms with van der Waals surface area (Å²) in [6.07, 6.45) is 2.52. The maximum atomic E-state index is 12.3. The quantitative estimate of drug-likeness (QED) is 0.402. The van der Waals surface area contributed by atoms with Crippen LogP contribution in [0.4, 0.5) is 0 Å². The summed E-state index contributed by atoms with van der Waals surface area (Å²) in [5, 5.41) is 20.7. The van der Waals surface area contributed by atoms with Crippen molar-refractivity contribution >= 4 is 28.6 Å². The number of carbonyl (C=O) groups excluding carboxylic acids is 1. The van der Waals surface area contributed by atoms with Gasteiger partial charge < -0.3 is 14.9 Å². The van der Waals surface area contributed by atoms with E-state index in [9.17, 15) is 15.0 Å². The van der Waals surface area contributed by atoms with E-state index in [2.05, 4.69) is 22.6 Å².